The van der Waals surface area contributed by atoms with E-state index in [0.717, 1.165) is 34.4 Å². The molecule has 3 amide bonds. The maximum atomic E-state index is 11.5. The molecule has 1 fully saturated rings. The fourth-order valence-corrected chi connectivity index (χ4v) is 3.65. The molecule has 0 bridgehead atoms. The summed E-state index contributed by atoms with van der Waals surface area (Å²) < 4.78 is 0. The predicted molar refractivity (Wildman–Crippen MR) is 92.6 cm³/mol. The topological polar surface area (TPSA) is 62.3 Å². The van der Waals surface area contributed by atoms with Crippen LogP contribution >= 0.6 is 23.4 Å². The number of imide groups is 1. The van der Waals surface area contributed by atoms with Gasteiger partial charge < -0.3 is 5.32 Å². The highest BCUT2D eigenvalue weighted by atomic mass is 35.5. The molecule has 1 aliphatic rings. The van der Waals surface area contributed by atoms with Gasteiger partial charge in [-0.3, -0.25) is 14.7 Å². The van der Waals surface area contributed by atoms with Crippen molar-refractivity contribution in [3.8, 4) is 0 Å². The molecular weight excluding hydrogens is 334 g/mol. The van der Waals surface area contributed by atoms with Crippen LogP contribution in [0.5, 0.6) is 0 Å². The highest BCUT2D eigenvalue weighted by Gasteiger charge is 2.27. The molecule has 1 aliphatic heterocycles. The molecule has 5 nitrogen and oxygen atoms in total. The smallest absolute Gasteiger partial charge is 0.324 e. The van der Waals surface area contributed by atoms with Crippen LogP contribution in [0.3, 0.4) is 0 Å². The second-order valence-electron chi connectivity index (χ2n) is 5.22. The van der Waals surface area contributed by atoms with Crippen molar-refractivity contribution in [1.82, 2.24) is 15.2 Å². The highest BCUT2D eigenvalue weighted by Crippen LogP contribution is 2.27. The molecule has 23 heavy (non-hydrogen) atoms. The summed E-state index contributed by atoms with van der Waals surface area (Å²) in [4.78, 5) is 28.6. The lowest BCUT2D eigenvalue weighted by molar-refractivity contribution is -0.124. The molecule has 1 saturated heterocycles. The largest absolute Gasteiger partial charge is 0.329 e. The highest BCUT2D eigenvalue weighted by molar-refractivity contribution is 7.98. The first-order chi connectivity index (χ1) is 11.2. The van der Waals surface area contributed by atoms with Gasteiger partial charge in [-0.05, 0) is 35.9 Å². The quantitative estimate of drug-likeness (QED) is 0.643. The Labute approximate surface area is 143 Å². The summed E-state index contributed by atoms with van der Waals surface area (Å²) in [5.41, 5.74) is 2.08. The zero-order valence-corrected chi connectivity index (χ0v) is 14.0. The number of aromatic nitrogens is 1. The molecule has 7 heteroatoms. The summed E-state index contributed by atoms with van der Waals surface area (Å²) in [6.45, 7) is 0.589. The van der Waals surface area contributed by atoms with E-state index in [1.54, 1.807) is 18.0 Å². The van der Waals surface area contributed by atoms with E-state index >= 15 is 0 Å². The molecular formula is C16H16ClN3O2S. The van der Waals surface area contributed by atoms with Gasteiger partial charge in [-0.2, -0.15) is 11.8 Å². The van der Waals surface area contributed by atoms with E-state index in [1.807, 2.05) is 24.3 Å². The van der Waals surface area contributed by atoms with Crippen molar-refractivity contribution >= 4 is 46.2 Å². The Morgan fingerprint density at radius 2 is 2.17 bits per heavy atom. The van der Waals surface area contributed by atoms with Crippen LogP contribution in [0, 0.1) is 0 Å². The van der Waals surface area contributed by atoms with Crippen molar-refractivity contribution in [1.29, 1.82) is 0 Å². The van der Waals surface area contributed by atoms with Crippen molar-refractivity contribution in [2.45, 2.75) is 12.2 Å². The molecule has 2 aromatic rings. The fraction of sp³-hybridized carbons (Fsp3) is 0.312. The first kappa shape index (κ1) is 16.1. The summed E-state index contributed by atoms with van der Waals surface area (Å²) in [5.74, 6) is 1.55. The number of fused-ring (bicyclic) bond motifs is 1. The molecule has 3 rings (SSSR count). The Bertz CT molecular complexity index is 737. The number of amides is 3. The average Bonchev–Trinajstić information content (AvgIpc) is 2.88. The number of carbonyl (C=O) groups excluding carboxylic acids is 2. The Hall–Kier alpha value is -1.79. The average molecular weight is 350 g/mol. The van der Waals surface area contributed by atoms with E-state index < -0.39 is 0 Å². The van der Waals surface area contributed by atoms with Crippen LogP contribution in [0.1, 0.15) is 12.0 Å². The number of urea groups is 1. The lowest BCUT2D eigenvalue weighted by Crippen LogP contribution is -2.32. The van der Waals surface area contributed by atoms with E-state index in [9.17, 15) is 9.59 Å². The lowest BCUT2D eigenvalue weighted by Gasteiger charge is -2.12. The Kier molecular flexibility index (Phi) is 5.03. The molecule has 0 atom stereocenters. The number of carbonyl (C=O) groups is 2. The van der Waals surface area contributed by atoms with Gasteiger partial charge in [0.2, 0.25) is 5.91 Å². The number of hydrogen-bond acceptors (Lipinski definition) is 4. The summed E-state index contributed by atoms with van der Waals surface area (Å²) in [7, 11) is 0. The second kappa shape index (κ2) is 7.19. The zero-order valence-electron chi connectivity index (χ0n) is 12.4. The van der Waals surface area contributed by atoms with Gasteiger partial charge in [0.25, 0.3) is 0 Å². The summed E-state index contributed by atoms with van der Waals surface area (Å²) in [6, 6.07) is 7.46. The van der Waals surface area contributed by atoms with Gasteiger partial charge in [0.1, 0.15) is 0 Å². The van der Waals surface area contributed by atoms with Gasteiger partial charge in [0, 0.05) is 28.9 Å². The number of nitrogens with one attached hydrogen (secondary N) is 1. The maximum Gasteiger partial charge on any atom is 0.324 e. The molecule has 0 saturated carbocycles. The van der Waals surface area contributed by atoms with E-state index in [0.29, 0.717) is 11.6 Å². The molecule has 1 aromatic heterocycles. The summed E-state index contributed by atoms with van der Waals surface area (Å²) >= 11 is 7.95. The maximum absolute atomic E-state index is 11.5. The van der Waals surface area contributed by atoms with Crippen LogP contribution in [-0.4, -0.2) is 40.7 Å². The van der Waals surface area contributed by atoms with Gasteiger partial charge in [-0.1, -0.05) is 17.7 Å². The van der Waals surface area contributed by atoms with E-state index in [1.165, 1.54) is 4.90 Å². The molecule has 2 heterocycles. The molecule has 1 aromatic carbocycles. The number of pyridine rings is 1. The normalized spacial score (nSPS) is 14.6. The minimum Gasteiger partial charge on any atom is -0.329 e. The van der Waals surface area contributed by atoms with Crippen LogP contribution in [-0.2, 0) is 10.5 Å². The third kappa shape index (κ3) is 3.59. The summed E-state index contributed by atoms with van der Waals surface area (Å²) in [5, 5.41) is 4.19. The number of thioether (sulfide) groups is 1. The molecule has 0 aliphatic carbocycles. The summed E-state index contributed by atoms with van der Waals surface area (Å²) in [6.07, 6.45) is 2.55. The molecule has 1 N–H and O–H groups in total. The number of hydrogen-bond donors (Lipinski definition) is 1. The third-order valence-electron chi connectivity index (χ3n) is 3.67. The van der Waals surface area contributed by atoms with Gasteiger partial charge in [0.15, 0.2) is 0 Å². The number of benzene rings is 1. The van der Waals surface area contributed by atoms with Crippen molar-refractivity contribution < 1.29 is 9.59 Å². The monoisotopic (exact) mass is 349 g/mol. The second-order valence-corrected chi connectivity index (χ2v) is 6.73. The van der Waals surface area contributed by atoms with Crippen LogP contribution in [0.2, 0.25) is 5.02 Å². The minimum absolute atomic E-state index is 0.119. The van der Waals surface area contributed by atoms with Crippen molar-refractivity contribution in [2.24, 2.45) is 0 Å². The van der Waals surface area contributed by atoms with Crippen LogP contribution in [0.15, 0.2) is 30.5 Å². The zero-order chi connectivity index (χ0) is 16.2. The molecule has 0 unspecified atom stereocenters. The van der Waals surface area contributed by atoms with Crippen molar-refractivity contribution in [3.05, 3.63) is 41.0 Å². The van der Waals surface area contributed by atoms with E-state index in [-0.39, 0.29) is 18.5 Å². The lowest BCUT2D eigenvalue weighted by atomic mass is 10.1. The van der Waals surface area contributed by atoms with Gasteiger partial charge in [0.05, 0.1) is 12.1 Å². The molecule has 0 radical (unpaired) electrons. The van der Waals surface area contributed by atoms with E-state index in [2.05, 4.69) is 10.3 Å². The fourth-order valence-electron chi connectivity index (χ4n) is 2.50. The van der Waals surface area contributed by atoms with Gasteiger partial charge in [-0.15, -0.1) is 0 Å². The van der Waals surface area contributed by atoms with Crippen molar-refractivity contribution in [3.63, 3.8) is 0 Å². The van der Waals surface area contributed by atoms with Crippen LogP contribution in [0.25, 0.3) is 10.9 Å². The molecule has 120 valence electrons. The van der Waals surface area contributed by atoms with E-state index in [4.69, 9.17) is 11.6 Å². The Morgan fingerprint density at radius 3 is 2.96 bits per heavy atom. The molecule has 0 spiro atoms. The standard InChI is InChI=1S/C16H16ClN3O2S/c17-13-5-4-11(15-12(13)3-1-6-18-15)10-23-8-2-7-20-14(21)9-19-16(20)22/h1,3-6H,2,7-10H2,(H,19,22). The van der Waals surface area contributed by atoms with Gasteiger partial charge in [-0.25, -0.2) is 4.79 Å². The SMILES string of the molecule is O=C1CNC(=O)N1CCCSCc1ccc(Cl)c2cccnc12. The predicted octanol–water partition coefficient (Wildman–Crippen LogP) is 3.06. The Balaban J connectivity index is 1.52. The Morgan fingerprint density at radius 1 is 1.30 bits per heavy atom. The minimum atomic E-state index is -0.284. The number of rotatable bonds is 6. The first-order valence-electron chi connectivity index (χ1n) is 7.35. The van der Waals surface area contributed by atoms with Crippen molar-refractivity contribution in [2.75, 3.05) is 18.8 Å². The van der Waals surface area contributed by atoms with Gasteiger partial charge >= 0.3 is 6.03 Å². The van der Waals surface area contributed by atoms with Crippen LogP contribution < -0.4 is 5.32 Å². The number of nitrogens with zero attached hydrogens (tertiary/aromatic N) is 2. The first-order valence-corrected chi connectivity index (χ1v) is 8.88. The number of halogens is 1. The third-order valence-corrected chi connectivity index (χ3v) is 5.09. The van der Waals surface area contributed by atoms with Crippen LogP contribution in [0.4, 0.5) is 4.79 Å².